The quantitative estimate of drug-likeness (QED) is 0.296. The average molecular weight is 608 g/mol. The largest absolute Gasteiger partial charge is 0.480 e. The van der Waals surface area contributed by atoms with Crippen LogP contribution in [-0.2, 0) is 19.6 Å². The second kappa shape index (κ2) is 12.1. The minimum Gasteiger partial charge on any atom is -0.480 e. The number of pyridine rings is 2. The fourth-order valence-electron chi connectivity index (χ4n) is 4.76. The number of piperazine rings is 1. The third-order valence-corrected chi connectivity index (χ3v) is 8.30. The summed E-state index contributed by atoms with van der Waals surface area (Å²) in [5.41, 5.74) is 1.21. The molecule has 13 heteroatoms. The highest BCUT2D eigenvalue weighted by atomic mass is 32.2. The first-order chi connectivity index (χ1) is 20.6. The molecule has 0 bridgehead atoms. The summed E-state index contributed by atoms with van der Waals surface area (Å²) in [7, 11) is -3.13. The predicted molar refractivity (Wildman–Crippen MR) is 157 cm³/mol. The Morgan fingerprint density at radius 2 is 1.72 bits per heavy atom. The average Bonchev–Trinajstić information content (AvgIpc) is 2.99. The molecular formula is C30H27F2N5O5S. The Hall–Kier alpha value is -4.91. The molecule has 2 aromatic heterocycles. The smallest absolute Gasteiger partial charge is 0.264 e. The first-order valence-electron chi connectivity index (χ1n) is 13.2. The lowest BCUT2D eigenvalue weighted by molar-refractivity contribution is -0.126. The number of ether oxygens (including phenoxy) is 1. The van der Waals surface area contributed by atoms with Crippen molar-refractivity contribution >= 4 is 44.0 Å². The number of hydrogen-bond donors (Lipinski definition) is 1. The van der Waals surface area contributed by atoms with E-state index in [2.05, 4.69) is 19.6 Å². The van der Waals surface area contributed by atoms with E-state index in [4.69, 9.17) is 4.74 Å². The number of carbonyl (C=O) groups is 2. The van der Waals surface area contributed by atoms with Crippen LogP contribution in [0.3, 0.4) is 0 Å². The highest BCUT2D eigenvalue weighted by Gasteiger charge is 2.24. The van der Waals surface area contributed by atoms with Crippen molar-refractivity contribution in [3.63, 3.8) is 0 Å². The fraction of sp³-hybridized carbons (Fsp3) is 0.200. The van der Waals surface area contributed by atoms with Crippen molar-refractivity contribution in [2.75, 3.05) is 42.9 Å². The molecule has 1 N–H and O–H groups in total. The highest BCUT2D eigenvalue weighted by Crippen LogP contribution is 2.34. The van der Waals surface area contributed by atoms with E-state index in [-0.39, 0.29) is 23.3 Å². The van der Waals surface area contributed by atoms with Gasteiger partial charge in [-0.25, -0.2) is 27.2 Å². The molecule has 1 saturated heterocycles. The first kappa shape index (κ1) is 29.6. The number of hydrogen-bond acceptors (Lipinski definition) is 8. The van der Waals surface area contributed by atoms with Crippen LogP contribution < -0.4 is 14.4 Å². The maximum Gasteiger partial charge on any atom is 0.264 e. The second-order valence-corrected chi connectivity index (χ2v) is 11.4. The van der Waals surface area contributed by atoms with E-state index >= 15 is 0 Å². The molecule has 2 aromatic carbocycles. The standard InChI is InChI=1S/C30H27F2N5O5S/c1-19(38)3-8-28(39)36-11-13-37(14-12-36)29-24-15-21(5-4-20(24)9-10-33-29)22-16-26(30(42-2)34-18-22)35-43(40,41)27-7-6-23(31)17-25(27)32/h3-10,15-18,35H,11-14H2,1-2H3. The molecule has 3 heterocycles. The number of nitrogens with zero attached hydrogens (tertiary/aromatic N) is 4. The number of anilines is 2. The fourth-order valence-corrected chi connectivity index (χ4v) is 5.86. The number of methoxy groups -OCH3 is 1. The Labute approximate surface area is 246 Å². The Balaban J connectivity index is 1.43. The normalized spacial score (nSPS) is 13.9. The van der Waals surface area contributed by atoms with Crippen LogP contribution in [0.2, 0.25) is 0 Å². The lowest BCUT2D eigenvalue weighted by atomic mass is 10.0. The van der Waals surface area contributed by atoms with Gasteiger partial charge in [0.05, 0.1) is 7.11 Å². The molecule has 0 saturated carbocycles. The van der Waals surface area contributed by atoms with Gasteiger partial charge in [0.15, 0.2) is 5.78 Å². The minimum absolute atomic E-state index is 0.0326. The van der Waals surface area contributed by atoms with Crippen LogP contribution >= 0.6 is 0 Å². The third-order valence-electron chi connectivity index (χ3n) is 6.90. The predicted octanol–water partition coefficient (Wildman–Crippen LogP) is 4.18. The van der Waals surface area contributed by atoms with Crippen LogP contribution in [0.4, 0.5) is 20.3 Å². The number of allylic oxidation sites excluding steroid dienone is 1. The van der Waals surface area contributed by atoms with Crippen molar-refractivity contribution in [3.05, 3.63) is 84.7 Å². The molecule has 0 aliphatic carbocycles. The molecule has 0 spiro atoms. The maximum absolute atomic E-state index is 14.3. The number of halogens is 2. The van der Waals surface area contributed by atoms with Gasteiger partial charge < -0.3 is 14.5 Å². The zero-order valence-electron chi connectivity index (χ0n) is 23.3. The van der Waals surface area contributed by atoms with Crippen molar-refractivity contribution in [1.29, 1.82) is 0 Å². The lowest BCUT2D eigenvalue weighted by Gasteiger charge is -2.35. The van der Waals surface area contributed by atoms with Gasteiger partial charge in [0.25, 0.3) is 10.0 Å². The van der Waals surface area contributed by atoms with Crippen LogP contribution in [0.25, 0.3) is 21.9 Å². The molecule has 1 fully saturated rings. The van der Waals surface area contributed by atoms with Crippen LogP contribution in [-0.4, -0.2) is 68.3 Å². The Bertz CT molecular complexity index is 1860. The van der Waals surface area contributed by atoms with Gasteiger partial charge in [0, 0.05) is 61.7 Å². The van der Waals surface area contributed by atoms with Gasteiger partial charge in [-0.15, -0.1) is 0 Å². The topological polar surface area (TPSA) is 122 Å². The first-order valence-corrected chi connectivity index (χ1v) is 14.7. The van der Waals surface area contributed by atoms with Crippen molar-refractivity contribution in [2.45, 2.75) is 11.8 Å². The van der Waals surface area contributed by atoms with Crippen molar-refractivity contribution in [2.24, 2.45) is 0 Å². The summed E-state index contributed by atoms with van der Waals surface area (Å²) in [6.45, 7) is 3.37. The number of carbonyl (C=O) groups excluding carboxylic acids is 2. The molecule has 1 amide bonds. The summed E-state index contributed by atoms with van der Waals surface area (Å²) in [4.78, 5) is 35.4. The van der Waals surface area contributed by atoms with Crippen LogP contribution in [0.5, 0.6) is 5.88 Å². The molecule has 0 unspecified atom stereocenters. The van der Waals surface area contributed by atoms with E-state index < -0.39 is 26.6 Å². The van der Waals surface area contributed by atoms with Crippen molar-refractivity contribution in [1.82, 2.24) is 14.9 Å². The van der Waals surface area contributed by atoms with Gasteiger partial charge in [-0.05, 0) is 54.3 Å². The summed E-state index contributed by atoms with van der Waals surface area (Å²) >= 11 is 0. The Morgan fingerprint density at radius 3 is 2.42 bits per heavy atom. The van der Waals surface area contributed by atoms with Gasteiger partial charge >= 0.3 is 0 Å². The second-order valence-electron chi connectivity index (χ2n) is 9.79. The molecule has 43 heavy (non-hydrogen) atoms. The van der Waals surface area contributed by atoms with Gasteiger partial charge in [0.2, 0.25) is 11.8 Å². The van der Waals surface area contributed by atoms with Crippen molar-refractivity contribution < 1.29 is 31.5 Å². The van der Waals surface area contributed by atoms with Gasteiger partial charge in [-0.1, -0.05) is 12.1 Å². The number of nitrogens with one attached hydrogen (secondary N) is 1. The van der Waals surface area contributed by atoms with E-state index in [1.807, 2.05) is 24.3 Å². The lowest BCUT2D eigenvalue weighted by Crippen LogP contribution is -2.48. The SMILES string of the molecule is COc1ncc(-c2ccc3ccnc(N4CCN(C(=O)C=CC(C)=O)CC4)c3c2)cc1NS(=O)(=O)c1ccc(F)cc1F. The maximum atomic E-state index is 14.3. The Kier molecular flexibility index (Phi) is 8.35. The number of rotatable bonds is 8. The molecule has 0 radical (unpaired) electrons. The molecule has 4 aromatic rings. The molecular weight excluding hydrogens is 580 g/mol. The molecule has 10 nitrogen and oxygen atoms in total. The Morgan fingerprint density at radius 1 is 0.953 bits per heavy atom. The number of ketones is 1. The monoisotopic (exact) mass is 607 g/mol. The summed E-state index contributed by atoms with van der Waals surface area (Å²) < 4.78 is 61.1. The molecule has 0 atom stereocenters. The number of sulfonamides is 1. The zero-order chi connectivity index (χ0) is 30.7. The number of amides is 1. The third kappa shape index (κ3) is 6.46. The minimum atomic E-state index is -4.44. The molecule has 1 aliphatic rings. The van der Waals surface area contributed by atoms with Crippen molar-refractivity contribution in [3.8, 4) is 17.0 Å². The van der Waals surface area contributed by atoms with E-state index in [9.17, 15) is 26.8 Å². The van der Waals surface area contributed by atoms with Gasteiger partial charge in [-0.2, -0.15) is 0 Å². The van der Waals surface area contributed by atoms with E-state index in [0.29, 0.717) is 43.4 Å². The number of benzene rings is 2. The molecule has 1 aliphatic heterocycles. The zero-order valence-corrected chi connectivity index (χ0v) is 24.1. The van der Waals surface area contributed by atoms with E-state index in [0.717, 1.165) is 28.7 Å². The molecule has 5 rings (SSSR count). The molecule has 222 valence electrons. The van der Waals surface area contributed by atoms with Crippen LogP contribution in [0.1, 0.15) is 6.92 Å². The van der Waals surface area contributed by atoms with E-state index in [1.54, 1.807) is 11.1 Å². The van der Waals surface area contributed by atoms with Crippen LogP contribution in [0.15, 0.2) is 78.0 Å². The number of fused-ring (bicyclic) bond motifs is 1. The summed E-state index contributed by atoms with van der Waals surface area (Å²) in [6.07, 6.45) is 5.77. The van der Waals surface area contributed by atoms with Gasteiger partial charge in [0.1, 0.15) is 28.0 Å². The highest BCUT2D eigenvalue weighted by molar-refractivity contribution is 7.92. The van der Waals surface area contributed by atoms with Gasteiger partial charge in [-0.3, -0.25) is 14.3 Å². The van der Waals surface area contributed by atoms with Crippen LogP contribution in [0, 0.1) is 11.6 Å². The number of aromatic nitrogens is 2. The summed E-state index contributed by atoms with van der Waals surface area (Å²) in [5.74, 6) is -1.86. The van der Waals surface area contributed by atoms with E-state index in [1.165, 1.54) is 38.4 Å². The summed E-state index contributed by atoms with van der Waals surface area (Å²) in [6, 6.07) is 11.2. The summed E-state index contributed by atoms with van der Waals surface area (Å²) in [5, 5.41) is 1.76.